The second-order valence-electron chi connectivity index (χ2n) is 4.09. The van der Waals surface area contributed by atoms with Gasteiger partial charge in [-0.1, -0.05) is 29.3 Å². The van der Waals surface area contributed by atoms with Crippen LogP contribution in [0.15, 0.2) is 47.2 Å². The highest BCUT2D eigenvalue weighted by Crippen LogP contribution is 2.30. The van der Waals surface area contributed by atoms with Gasteiger partial charge in [-0.3, -0.25) is 4.79 Å². The standard InChI is InChI=1S/C14H8Cl2N2O2/c15-9-2-1-3-10(16)13(9)18-14(19)8-4-5-12-11(6-8)17-7-20-12/h1-7H,(H,18,19). The van der Waals surface area contributed by atoms with E-state index in [1.165, 1.54) is 6.39 Å². The number of oxazole rings is 1. The maximum absolute atomic E-state index is 12.2. The highest BCUT2D eigenvalue weighted by atomic mass is 35.5. The fraction of sp³-hybridized carbons (Fsp3) is 0. The summed E-state index contributed by atoms with van der Waals surface area (Å²) in [5, 5.41) is 3.46. The highest BCUT2D eigenvalue weighted by Gasteiger charge is 2.12. The Morgan fingerprint density at radius 3 is 2.65 bits per heavy atom. The van der Waals surface area contributed by atoms with Crippen LogP contribution in [0, 0.1) is 0 Å². The predicted molar refractivity (Wildman–Crippen MR) is 78.4 cm³/mol. The van der Waals surface area contributed by atoms with E-state index in [4.69, 9.17) is 27.6 Å². The van der Waals surface area contributed by atoms with E-state index in [2.05, 4.69) is 10.3 Å². The molecule has 0 aliphatic carbocycles. The highest BCUT2D eigenvalue weighted by molar-refractivity contribution is 6.40. The first-order valence-electron chi connectivity index (χ1n) is 5.74. The summed E-state index contributed by atoms with van der Waals surface area (Å²) in [7, 11) is 0. The van der Waals surface area contributed by atoms with Gasteiger partial charge in [0, 0.05) is 5.56 Å². The molecule has 100 valence electrons. The minimum absolute atomic E-state index is 0.315. The molecule has 0 aliphatic rings. The molecule has 1 aromatic heterocycles. The van der Waals surface area contributed by atoms with Crippen molar-refractivity contribution in [3.63, 3.8) is 0 Å². The lowest BCUT2D eigenvalue weighted by molar-refractivity contribution is 0.102. The van der Waals surface area contributed by atoms with Gasteiger partial charge >= 0.3 is 0 Å². The molecule has 0 atom stereocenters. The smallest absolute Gasteiger partial charge is 0.255 e. The van der Waals surface area contributed by atoms with E-state index < -0.39 is 0 Å². The van der Waals surface area contributed by atoms with Gasteiger partial charge in [0.25, 0.3) is 5.91 Å². The molecular weight excluding hydrogens is 299 g/mol. The Balaban J connectivity index is 1.92. The average molecular weight is 307 g/mol. The Morgan fingerprint density at radius 1 is 1.15 bits per heavy atom. The van der Waals surface area contributed by atoms with Gasteiger partial charge in [-0.2, -0.15) is 0 Å². The van der Waals surface area contributed by atoms with Crippen molar-refractivity contribution < 1.29 is 9.21 Å². The number of fused-ring (bicyclic) bond motifs is 1. The molecule has 20 heavy (non-hydrogen) atoms. The van der Waals surface area contributed by atoms with E-state index in [0.29, 0.717) is 32.4 Å². The third-order valence-electron chi connectivity index (χ3n) is 2.79. The predicted octanol–water partition coefficient (Wildman–Crippen LogP) is 4.39. The van der Waals surface area contributed by atoms with Crippen LogP contribution in [0.4, 0.5) is 5.69 Å². The summed E-state index contributed by atoms with van der Waals surface area (Å²) in [5.41, 5.74) is 2.07. The number of para-hydroxylation sites is 1. The SMILES string of the molecule is O=C(Nc1c(Cl)cccc1Cl)c1ccc2ocnc2c1. The molecule has 6 heteroatoms. The maximum atomic E-state index is 12.2. The number of rotatable bonds is 2. The number of carbonyl (C=O) groups excluding carboxylic acids is 1. The van der Waals surface area contributed by atoms with Crippen molar-refractivity contribution in [1.29, 1.82) is 0 Å². The van der Waals surface area contributed by atoms with Crippen LogP contribution < -0.4 is 5.32 Å². The lowest BCUT2D eigenvalue weighted by atomic mass is 10.2. The van der Waals surface area contributed by atoms with Crippen LogP contribution >= 0.6 is 23.2 Å². The molecule has 0 saturated carbocycles. The molecule has 0 radical (unpaired) electrons. The van der Waals surface area contributed by atoms with Gasteiger partial charge in [0.05, 0.1) is 15.7 Å². The molecule has 3 rings (SSSR count). The van der Waals surface area contributed by atoms with Crippen molar-refractivity contribution in [1.82, 2.24) is 4.98 Å². The van der Waals surface area contributed by atoms with Crippen LogP contribution in [0.3, 0.4) is 0 Å². The van der Waals surface area contributed by atoms with Gasteiger partial charge in [-0.15, -0.1) is 0 Å². The first-order valence-corrected chi connectivity index (χ1v) is 6.49. The van der Waals surface area contributed by atoms with E-state index in [1.54, 1.807) is 36.4 Å². The van der Waals surface area contributed by atoms with Gasteiger partial charge in [-0.25, -0.2) is 4.98 Å². The van der Waals surface area contributed by atoms with Crippen molar-refractivity contribution in [3.8, 4) is 0 Å². The largest absolute Gasteiger partial charge is 0.443 e. The van der Waals surface area contributed by atoms with Crippen LogP contribution in [-0.4, -0.2) is 10.9 Å². The molecule has 1 heterocycles. The number of halogens is 2. The fourth-order valence-electron chi connectivity index (χ4n) is 1.80. The summed E-state index contributed by atoms with van der Waals surface area (Å²) in [4.78, 5) is 16.2. The molecule has 0 spiro atoms. The molecule has 0 saturated heterocycles. The Labute approximate surface area is 124 Å². The van der Waals surface area contributed by atoms with E-state index in [1.807, 2.05) is 0 Å². The maximum Gasteiger partial charge on any atom is 0.255 e. The van der Waals surface area contributed by atoms with Gasteiger partial charge in [0.2, 0.25) is 0 Å². The van der Waals surface area contributed by atoms with E-state index in [9.17, 15) is 4.79 Å². The van der Waals surface area contributed by atoms with Crippen molar-refractivity contribution in [2.75, 3.05) is 5.32 Å². The molecule has 1 amide bonds. The van der Waals surface area contributed by atoms with Crippen LogP contribution in [0.1, 0.15) is 10.4 Å². The quantitative estimate of drug-likeness (QED) is 0.764. The summed E-state index contributed by atoms with van der Waals surface area (Å²) < 4.78 is 5.12. The number of nitrogens with zero attached hydrogens (tertiary/aromatic N) is 1. The molecule has 3 aromatic rings. The zero-order valence-electron chi connectivity index (χ0n) is 10.1. The molecule has 0 bridgehead atoms. The number of aromatic nitrogens is 1. The topological polar surface area (TPSA) is 55.1 Å². The second kappa shape index (κ2) is 5.15. The van der Waals surface area contributed by atoms with Gasteiger partial charge in [-0.05, 0) is 30.3 Å². The van der Waals surface area contributed by atoms with Gasteiger partial charge in [0.1, 0.15) is 5.52 Å². The average Bonchev–Trinajstić information content (AvgIpc) is 2.90. The number of anilines is 1. The fourth-order valence-corrected chi connectivity index (χ4v) is 2.29. The monoisotopic (exact) mass is 306 g/mol. The Kier molecular flexibility index (Phi) is 3.34. The molecule has 0 fully saturated rings. The van der Waals surface area contributed by atoms with Gasteiger partial charge < -0.3 is 9.73 Å². The molecule has 0 aliphatic heterocycles. The third kappa shape index (κ3) is 2.35. The van der Waals surface area contributed by atoms with Gasteiger partial charge in [0.15, 0.2) is 12.0 Å². The number of nitrogens with one attached hydrogen (secondary N) is 1. The minimum atomic E-state index is -0.315. The first kappa shape index (κ1) is 13.0. The number of carbonyl (C=O) groups is 1. The number of hydrogen-bond donors (Lipinski definition) is 1. The molecular formula is C14H8Cl2N2O2. The summed E-state index contributed by atoms with van der Waals surface area (Å²) in [6.45, 7) is 0. The Bertz CT molecular complexity index is 778. The van der Waals surface area contributed by atoms with E-state index >= 15 is 0 Å². The lowest BCUT2D eigenvalue weighted by Crippen LogP contribution is -2.12. The summed E-state index contributed by atoms with van der Waals surface area (Å²) in [6, 6.07) is 9.99. The van der Waals surface area contributed by atoms with E-state index in [0.717, 1.165) is 0 Å². The summed E-state index contributed by atoms with van der Waals surface area (Å²) in [6.07, 6.45) is 1.33. The number of benzene rings is 2. The lowest BCUT2D eigenvalue weighted by Gasteiger charge is -2.08. The van der Waals surface area contributed by atoms with Crippen LogP contribution in [0.2, 0.25) is 10.0 Å². The second-order valence-corrected chi connectivity index (χ2v) is 4.90. The molecule has 4 nitrogen and oxygen atoms in total. The Morgan fingerprint density at radius 2 is 1.90 bits per heavy atom. The third-order valence-corrected chi connectivity index (χ3v) is 3.42. The van der Waals surface area contributed by atoms with E-state index in [-0.39, 0.29) is 5.91 Å². The van der Waals surface area contributed by atoms with Crippen molar-refractivity contribution in [2.24, 2.45) is 0 Å². The molecule has 2 aromatic carbocycles. The van der Waals surface area contributed by atoms with Crippen LogP contribution in [0.5, 0.6) is 0 Å². The summed E-state index contributed by atoms with van der Waals surface area (Å²) >= 11 is 12.0. The normalized spacial score (nSPS) is 10.7. The number of hydrogen-bond acceptors (Lipinski definition) is 3. The Hall–Kier alpha value is -2.04. The van der Waals surface area contributed by atoms with Crippen LogP contribution in [0.25, 0.3) is 11.1 Å². The van der Waals surface area contributed by atoms with Crippen molar-refractivity contribution in [3.05, 3.63) is 58.4 Å². The van der Waals surface area contributed by atoms with Crippen molar-refractivity contribution in [2.45, 2.75) is 0 Å². The zero-order chi connectivity index (χ0) is 14.1. The molecule has 0 unspecified atom stereocenters. The summed E-state index contributed by atoms with van der Waals surface area (Å²) in [5.74, 6) is -0.315. The first-order chi connectivity index (χ1) is 9.65. The van der Waals surface area contributed by atoms with Crippen LogP contribution in [-0.2, 0) is 0 Å². The zero-order valence-corrected chi connectivity index (χ0v) is 11.6. The number of amides is 1. The minimum Gasteiger partial charge on any atom is -0.443 e. The van der Waals surface area contributed by atoms with Crippen molar-refractivity contribution >= 4 is 45.9 Å². The molecule has 1 N–H and O–H groups in total.